The lowest BCUT2D eigenvalue weighted by molar-refractivity contribution is -0.133. The van der Waals surface area contributed by atoms with Crippen molar-refractivity contribution in [1.29, 1.82) is 0 Å². The second-order valence-electron chi connectivity index (χ2n) is 6.29. The molecule has 1 fully saturated rings. The molecule has 1 rings (SSSR count). The van der Waals surface area contributed by atoms with E-state index >= 15 is 0 Å². The molecule has 0 spiro atoms. The lowest BCUT2D eigenvalue weighted by atomic mass is 9.96. The van der Waals surface area contributed by atoms with Crippen molar-refractivity contribution in [1.82, 2.24) is 15.1 Å². The van der Waals surface area contributed by atoms with Crippen LogP contribution in [0.2, 0.25) is 0 Å². The number of amides is 2. The molecule has 0 saturated carbocycles. The van der Waals surface area contributed by atoms with E-state index in [-0.39, 0.29) is 17.2 Å². The normalized spacial score (nSPS) is 17.4. The van der Waals surface area contributed by atoms with Crippen LogP contribution in [0.15, 0.2) is 0 Å². The third-order valence-corrected chi connectivity index (χ3v) is 3.39. The third kappa shape index (κ3) is 5.59. The van der Waals surface area contributed by atoms with Crippen LogP contribution in [0.1, 0.15) is 33.6 Å². The number of nitrogens with one attached hydrogen (secondary N) is 1. The van der Waals surface area contributed by atoms with Gasteiger partial charge in [-0.05, 0) is 13.5 Å². The Hall–Kier alpha value is -1.10. The van der Waals surface area contributed by atoms with Crippen molar-refractivity contribution in [2.24, 2.45) is 5.41 Å². The standard InChI is InChI=1S/C14H27N3O2/c1-14(2,3)13(19)15-7-5-6-12(18)17-10-8-16(4)9-11-17/h5-11H2,1-4H3,(H,15,19). The second-order valence-corrected chi connectivity index (χ2v) is 6.29. The first-order chi connectivity index (χ1) is 8.80. The Morgan fingerprint density at radius 2 is 1.68 bits per heavy atom. The summed E-state index contributed by atoms with van der Waals surface area (Å²) in [6.07, 6.45) is 1.24. The molecule has 0 radical (unpaired) electrons. The quantitative estimate of drug-likeness (QED) is 0.765. The van der Waals surface area contributed by atoms with Crippen molar-refractivity contribution in [3.8, 4) is 0 Å². The van der Waals surface area contributed by atoms with Crippen LogP contribution in [0.5, 0.6) is 0 Å². The first-order valence-corrected chi connectivity index (χ1v) is 7.05. The number of hydrogen-bond acceptors (Lipinski definition) is 3. The highest BCUT2D eigenvalue weighted by Gasteiger charge is 2.21. The molecule has 1 aliphatic heterocycles. The van der Waals surface area contributed by atoms with Crippen molar-refractivity contribution in [3.63, 3.8) is 0 Å². The maximum atomic E-state index is 11.9. The number of carbonyl (C=O) groups is 2. The summed E-state index contributed by atoms with van der Waals surface area (Å²) in [6, 6.07) is 0. The lowest BCUT2D eigenvalue weighted by Crippen LogP contribution is -2.47. The predicted molar refractivity (Wildman–Crippen MR) is 75.8 cm³/mol. The molecule has 0 aromatic rings. The van der Waals surface area contributed by atoms with Crippen molar-refractivity contribution < 1.29 is 9.59 Å². The average Bonchev–Trinajstić information content (AvgIpc) is 2.33. The highest BCUT2D eigenvalue weighted by atomic mass is 16.2. The van der Waals surface area contributed by atoms with Crippen molar-refractivity contribution in [2.75, 3.05) is 39.8 Å². The summed E-state index contributed by atoms with van der Waals surface area (Å²) in [6.45, 7) is 9.79. The van der Waals surface area contributed by atoms with Gasteiger partial charge in [-0.1, -0.05) is 20.8 Å². The molecule has 19 heavy (non-hydrogen) atoms. The van der Waals surface area contributed by atoms with Gasteiger partial charge in [0.1, 0.15) is 0 Å². The molecule has 0 atom stereocenters. The predicted octanol–water partition coefficient (Wildman–Crippen LogP) is 0.703. The molecule has 0 aliphatic carbocycles. The fourth-order valence-corrected chi connectivity index (χ4v) is 1.92. The zero-order valence-electron chi connectivity index (χ0n) is 12.7. The summed E-state index contributed by atoms with van der Waals surface area (Å²) >= 11 is 0. The van der Waals surface area contributed by atoms with E-state index in [1.165, 1.54) is 0 Å². The van der Waals surface area contributed by atoms with E-state index in [2.05, 4.69) is 17.3 Å². The molecule has 5 nitrogen and oxygen atoms in total. The molecule has 1 aliphatic rings. The van der Waals surface area contributed by atoms with Gasteiger partial charge < -0.3 is 15.1 Å². The molecule has 110 valence electrons. The molecule has 0 aromatic heterocycles. The Morgan fingerprint density at radius 1 is 1.11 bits per heavy atom. The zero-order valence-corrected chi connectivity index (χ0v) is 12.7. The van der Waals surface area contributed by atoms with E-state index in [1.807, 2.05) is 25.7 Å². The number of hydrogen-bond donors (Lipinski definition) is 1. The van der Waals surface area contributed by atoms with Gasteiger partial charge >= 0.3 is 0 Å². The van der Waals surface area contributed by atoms with Crippen molar-refractivity contribution in [2.45, 2.75) is 33.6 Å². The Kier molecular flexibility index (Phi) is 5.79. The first kappa shape index (κ1) is 16.0. The lowest BCUT2D eigenvalue weighted by Gasteiger charge is -2.32. The second kappa shape index (κ2) is 6.89. The molecular formula is C14H27N3O2. The largest absolute Gasteiger partial charge is 0.356 e. The molecule has 0 unspecified atom stereocenters. The summed E-state index contributed by atoms with van der Waals surface area (Å²) in [5, 5.41) is 2.87. The Bertz CT molecular complexity index is 315. The van der Waals surface area contributed by atoms with Gasteiger partial charge in [0.05, 0.1) is 0 Å². The monoisotopic (exact) mass is 269 g/mol. The molecular weight excluding hydrogens is 242 g/mol. The molecule has 1 heterocycles. The number of nitrogens with zero attached hydrogens (tertiary/aromatic N) is 2. The third-order valence-electron chi connectivity index (χ3n) is 3.39. The van der Waals surface area contributed by atoms with E-state index in [4.69, 9.17) is 0 Å². The van der Waals surface area contributed by atoms with Crippen LogP contribution >= 0.6 is 0 Å². The average molecular weight is 269 g/mol. The minimum absolute atomic E-state index is 0.0412. The Labute approximate surface area is 116 Å². The van der Waals surface area contributed by atoms with E-state index < -0.39 is 0 Å². The van der Waals surface area contributed by atoms with Gasteiger partial charge in [0.2, 0.25) is 11.8 Å². The topological polar surface area (TPSA) is 52.6 Å². The van der Waals surface area contributed by atoms with Crippen LogP contribution in [-0.2, 0) is 9.59 Å². The van der Waals surface area contributed by atoms with Gasteiger partial charge in [-0.25, -0.2) is 0 Å². The Morgan fingerprint density at radius 3 is 2.21 bits per heavy atom. The van der Waals surface area contributed by atoms with Gasteiger partial charge in [0.15, 0.2) is 0 Å². The van der Waals surface area contributed by atoms with Crippen molar-refractivity contribution >= 4 is 11.8 Å². The molecule has 0 aromatic carbocycles. The molecule has 1 N–H and O–H groups in total. The van der Waals surface area contributed by atoms with Gasteiger partial charge in [-0.2, -0.15) is 0 Å². The zero-order chi connectivity index (χ0) is 14.5. The number of rotatable bonds is 4. The number of piperazine rings is 1. The molecule has 5 heteroatoms. The van der Waals surface area contributed by atoms with E-state index in [1.54, 1.807) is 0 Å². The van der Waals surface area contributed by atoms with Gasteiger partial charge in [-0.15, -0.1) is 0 Å². The van der Waals surface area contributed by atoms with E-state index in [0.717, 1.165) is 26.2 Å². The van der Waals surface area contributed by atoms with Crippen LogP contribution in [0.3, 0.4) is 0 Å². The summed E-state index contributed by atoms with van der Waals surface area (Å²) in [7, 11) is 2.07. The van der Waals surface area contributed by atoms with E-state index in [0.29, 0.717) is 19.4 Å². The van der Waals surface area contributed by atoms with Crippen LogP contribution in [-0.4, -0.2) is 61.4 Å². The summed E-state index contributed by atoms with van der Waals surface area (Å²) < 4.78 is 0. The maximum absolute atomic E-state index is 11.9. The number of carbonyl (C=O) groups excluding carboxylic acids is 2. The summed E-state index contributed by atoms with van der Waals surface area (Å²) in [4.78, 5) is 27.7. The minimum atomic E-state index is -0.360. The van der Waals surface area contributed by atoms with Gasteiger partial charge in [0.25, 0.3) is 0 Å². The van der Waals surface area contributed by atoms with Crippen LogP contribution in [0.25, 0.3) is 0 Å². The maximum Gasteiger partial charge on any atom is 0.225 e. The van der Waals surface area contributed by atoms with Crippen molar-refractivity contribution in [3.05, 3.63) is 0 Å². The Balaban J connectivity index is 2.16. The first-order valence-electron chi connectivity index (χ1n) is 7.05. The highest BCUT2D eigenvalue weighted by Crippen LogP contribution is 2.12. The van der Waals surface area contributed by atoms with Crippen LogP contribution in [0.4, 0.5) is 0 Å². The van der Waals surface area contributed by atoms with Crippen LogP contribution < -0.4 is 5.32 Å². The molecule has 1 saturated heterocycles. The summed E-state index contributed by atoms with van der Waals surface area (Å²) in [5.74, 6) is 0.248. The molecule has 0 bridgehead atoms. The van der Waals surface area contributed by atoms with Crippen LogP contribution in [0, 0.1) is 5.41 Å². The van der Waals surface area contributed by atoms with Gasteiger partial charge in [0, 0.05) is 44.6 Å². The highest BCUT2D eigenvalue weighted by molar-refractivity contribution is 5.81. The summed E-state index contributed by atoms with van der Waals surface area (Å²) in [5.41, 5.74) is -0.360. The fourth-order valence-electron chi connectivity index (χ4n) is 1.92. The number of likely N-dealkylation sites (N-methyl/N-ethyl adjacent to an activating group) is 1. The minimum Gasteiger partial charge on any atom is -0.356 e. The smallest absolute Gasteiger partial charge is 0.225 e. The molecule has 2 amide bonds. The van der Waals surface area contributed by atoms with Gasteiger partial charge in [-0.3, -0.25) is 9.59 Å². The SMILES string of the molecule is CN1CCN(C(=O)CCCNC(=O)C(C)(C)C)CC1. The fraction of sp³-hybridized carbons (Fsp3) is 0.857. The van der Waals surface area contributed by atoms with E-state index in [9.17, 15) is 9.59 Å².